The number of rotatable bonds is 2. The third kappa shape index (κ3) is 2.13. The lowest BCUT2D eigenvalue weighted by Gasteiger charge is -2.11. The highest BCUT2D eigenvalue weighted by Gasteiger charge is 2.33. The normalized spacial score (nSPS) is 19.5. The Balaban J connectivity index is 1.79. The fraction of sp³-hybridized carbons (Fsp3) is 0.294. The lowest BCUT2D eigenvalue weighted by atomic mass is 10.0. The zero-order valence-electron chi connectivity index (χ0n) is 13.0. The standard InChI is InChI=1S/C17H16N6/c1-11-8-15(13-6-4-3-5-7-13)23-16(11)19-17(21-23)22-12(2)9-14(10-18)20-22/h3-7,9,11,15H,8H2,1-2H3. The van der Waals surface area contributed by atoms with Gasteiger partial charge in [-0.3, -0.25) is 0 Å². The minimum atomic E-state index is 0.203. The van der Waals surface area contributed by atoms with Gasteiger partial charge in [0, 0.05) is 11.6 Å². The van der Waals surface area contributed by atoms with Crippen LogP contribution in [0.2, 0.25) is 0 Å². The summed E-state index contributed by atoms with van der Waals surface area (Å²) >= 11 is 0. The van der Waals surface area contributed by atoms with E-state index in [1.165, 1.54) is 5.56 Å². The number of hydrogen-bond acceptors (Lipinski definition) is 4. The predicted molar refractivity (Wildman–Crippen MR) is 84.2 cm³/mol. The van der Waals surface area contributed by atoms with Crippen LogP contribution in [0.15, 0.2) is 36.4 Å². The van der Waals surface area contributed by atoms with Crippen LogP contribution in [0, 0.1) is 18.3 Å². The van der Waals surface area contributed by atoms with E-state index in [-0.39, 0.29) is 6.04 Å². The molecule has 1 aromatic carbocycles. The number of benzene rings is 1. The van der Waals surface area contributed by atoms with E-state index in [0.717, 1.165) is 17.9 Å². The van der Waals surface area contributed by atoms with E-state index >= 15 is 0 Å². The van der Waals surface area contributed by atoms with E-state index < -0.39 is 0 Å². The van der Waals surface area contributed by atoms with Crippen molar-refractivity contribution in [2.45, 2.75) is 32.2 Å². The van der Waals surface area contributed by atoms with E-state index in [9.17, 15) is 0 Å². The minimum Gasteiger partial charge on any atom is -0.240 e. The number of aromatic nitrogens is 5. The lowest BCUT2D eigenvalue weighted by Crippen LogP contribution is -2.09. The van der Waals surface area contributed by atoms with Gasteiger partial charge in [0.1, 0.15) is 11.9 Å². The van der Waals surface area contributed by atoms with E-state index in [1.54, 1.807) is 10.7 Å². The fourth-order valence-corrected chi connectivity index (χ4v) is 3.20. The Morgan fingerprint density at radius 3 is 2.70 bits per heavy atom. The second kappa shape index (κ2) is 5.06. The van der Waals surface area contributed by atoms with Crippen molar-refractivity contribution in [2.75, 3.05) is 0 Å². The molecule has 0 radical (unpaired) electrons. The molecule has 0 fully saturated rings. The van der Waals surface area contributed by atoms with Crippen LogP contribution in [0.5, 0.6) is 0 Å². The van der Waals surface area contributed by atoms with Gasteiger partial charge in [0.15, 0.2) is 5.69 Å². The van der Waals surface area contributed by atoms with Crippen LogP contribution < -0.4 is 0 Å². The van der Waals surface area contributed by atoms with Crippen molar-refractivity contribution in [2.24, 2.45) is 0 Å². The highest BCUT2D eigenvalue weighted by molar-refractivity contribution is 5.29. The van der Waals surface area contributed by atoms with E-state index in [1.807, 2.05) is 29.8 Å². The average molecular weight is 304 g/mol. The Morgan fingerprint density at radius 2 is 2.00 bits per heavy atom. The number of hydrogen-bond donors (Lipinski definition) is 0. The first-order valence-corrected chi connectivity index (χ1v) is 7.66. The van der Waals surface area contributed by atoms with Crippen molar-refractivity contribution in [1.29, 1.82) is 5.26 Å². The molecule has 0 saturated heterocycles. The maximum atomic E-state index is 9.00. The van der Waals surface area contributed by atoms with Crippen LogP contribution in [-0.2, 0) is 0 Å². The van der Waals surface area contributed by atoms with Crippen LogP contribution in [0.3, 0.4) is 0 Å². The third-order valence-corrected chi connectivity index (χ3v) is 4.34. The molecule has 23 heavy (non-hydrogen) atoms. The molecule has 2 unspecified atom stereocenters. The first-order valence-electron chi connectivity index (χ1n) is 7.66. The van der Waals surface area contributed by atoms with Crippen LogP contribution in [0.1, 0.15) is 48.1 Å². The van der Waals surface area contributed by atoms with Gasteiger partial charge < -0.3 is 0 Å². The molecule has 114 valence electrons. The summed E-state index contributed by atoms with van der Waals surface area (Å²) in [5.41, 5.74) is 2.48. The molecule has 1 aliphatic rings. The van der Waals surface area contributed by atoms with Crippen LogP contribution in [0.4, 0.5) is 0 Å². The Hall–Kier alpha value is -2.94. The molecule has 2 atom stereocenters. The zero-order valence-corrected chi connectivity index (χ0v) is 13.0. The summed E-state index contributed by atoms with van der Waals surface area (Å²) in [6.45, 7) is 4.07. The second-order valence-electron chi connectivity index (χ2n) is 5.97. The molecule has 0 saturated carbocycles. The van der Waals surface area contributed by atoms with Gasteiger partial charge in [-0.15, -0.1) is 5.10 Å². The monoisotopic (exact) mass is 304 g/mol. The number of nitriles is 1. The maximum Gasteiger partial charge on any atom is 0.269 e. The highest BCUT2D eigenvalue weighted by Crippen LogP contribution is 2.38. The first kappa shape index (κ1) is 13.7. The van der Waals surface area contributed by atoms with E-state index in [2.05, 4.69) is 40.3 Å². The van der Waals surface area contributed by atoms with Crippen LogP contribution in [-0.4, -0.2) is 24.5 Å². The minimum absolute atomic E-state index is 0.203. The van der Waals surface area contributed by atoms with Gasteiger partial charge in [0.2, 0.25) is 0 Å². The SMILES string of the molecule is Cc1cc(C#N)nn1-c1nc2n(n1)C(c1ccccc1)CC2C. The number of nitrogens with zero attached hydrogens (tertiary/aromatic N) is 6. The van der Waals surface area contributed by atoms with Gasteiger partial charge in [-0.05, 0) is 25.0 Å². The van der Waals surface area contributed by atoms with Crippen LogP contribution >= 0.6 is 0 Å². The summed E-state index contributed by atoms with van der Waals surface area (Å²) in [7, 11) is 0. The Morgan fingerprint density at radius 1 is 1.22 bits per heavy atom. The molecular formula is C17H16N6. The third-order valence-electron chi connectivity index (χ3n) is 4.34. The summed E-state index contributed by atoms with van der Waals surface area (Å²) in [4.78, 5) is 4.67. The van der Waals surface area contributed by atoms with Gasteiger partial charge in [0.25, 0.3) is 5.95 Å². The van der Waals surface area contributed by atoms with Gasteiger partial charge in [-0.1, -0.05) is 37.3 Å². The van der Waals surface area contributed by atoms with Crippen molar-refractivity contribution in [3.63, 3.8) is 0 Å². The second-order valence-corrected chi connectivity index (χ2v) is 5.97. The van der Waals surface area contributed by atoms with Gasteiger partial charge in [0.05, 0.1) is 6.04 Å². The molecule has 0 N–H and O–H groups in total. The molecule has 3 heterocycles. The molecule has 0 aliphatic carbocycles. The molecule has 6 nitrogen and oxygen atoms in total. The maximum absolute atomic E-state index is 9.00. The van der Waals surface area contributed by atoms with Crippen LogP contribution in [0.25, 0.3) is 5.95 Å². The Bertz CT molecular complexity index is 899. The molecule has 3 aromatic rings. The molecule has 4 rings (SSSR count). The number of aryl methyl sites for hydroxylation is 1. The Kier molecular flexibility index (Phi) is 3.01. The average Bonchev–Trinajstić information content (AvgIpc) is 3.23. The molecule has 0 spiro atoms. The zero-order chi connectivity index (χ0) is 16.0. The molecule has 0 bridgehead atoms. The summed E-state index contributed by atoms with van der Waals surface area (Å²) in [5, 5.41) is 17.9. The smallest absolute Gasteiger partial charge is 0.240 e. The van der Waals surface area contributed by atoms with Gasteiger partial charge in [-0.2, -0.15) is 15.3 Å². The van der Waals surface area contributed by atoms with Crippen molar-refractivity contribution >= 4 is 0 Å². The summed E-state index contributed by atoms with van der Waals surface area (Å²) in [6.07, 6.45) is 1.00. The summed E-state index contributed by atoms with van der Waals surface area (Å²) in [6, 6.07) is 14.4. The van der Waals surface area contributed by atoms with Crippen molar-refractivity contribution in [1.82, 2.24) is 24.5 Å². The molecule has 6 heteroatoms. The summed E-state index contributed by atoms with van der Waals surface area (Å²) < 4.78 is 3.64. The van der Waals surface area contributed by atoms with Crippen molar-refractivity contribution in [3.05, 3.63) is 59.2 Å². The lowest BCUT2D eigenvalue weighted by molar-refractivity contribution is 0.537. The van der Waals surface area contributed by atoms with Gasteiger partial charge in [-0.25, -0.2) is 9.36 Å². The largest absolute Gasteiger partial charge is 0.269 e. The number of fused-ring (bicyclic) bond motifs is 1. The van der Waals surface area contributed by atoms with E-state index in [0.29, 0.717) is 17.6 Å². The topological polar surface area (TPSA) is 72.3 Å². The molecule has 2 aromatic heterocycles. The van der Waals surface area contributed by atoms with Gasteiger partial charge >= 0.3 is 0 Å². The predicted octanol–water partition coefficient (Wildman–Crippen LogP) is 2.74. The highest BCUT2D eigenvalue weighted by atomic mass is 15.5. The Labute approximate surface area is 134 Å². The van der Waals surface area contributed by atoms with Crippen molar-refractivity contribution < 1.29 is 0 Å². The van der Waals surface area contributed by atoms with E-state index in [4.69, 9.17) is 5.26 Å². The molecule has 0 amide bonds. The summed E-state index contributed by atoms with van der Waals surface area (Å²) in [5.74, 6) is 1.85. The molecular weight excluding hydrogens is 288 g/mol. The first-order chi connectivity index (χ1) is 11.2. The van der Waals surface area contributed by atoms with Crippen molar-refractivity contribution in [3.8, 4) is 12.0 Å². The fourth-order valence-electron chi connectivity index (χ4n) is 3.20. The quantitative estimate of drug-likeness (QED) is 0.729. The molecule has 1 aliphatic heterocycles.